The lowest BCUT2D eigenvalue weighted by atomic mass is 10.0. The van der Waals surface area contributed by atoms with Crippen LogP contribution in [0.5, 0.6) is 0 Å². The average molecular weight is 644 g/mol. The predicted molar refractivity (Wildman–Crippen MR) is 186 cm³/mol. The maximum atomic E-state index is 12.9. The number of benzene rings is 4. The van der Waals surface area contributed by atoms with Gasteiger partial charge in [-0.3, -0.25) is 9.36 Å². The number of carbonyl (C=O) groups excluding carboxylic acids is 1. The number of fused-ring (bicyclic) bond motifs is 1. The van der Waals surface area contributed by atoms with Crippen molar-refractivity contribution in [3.63, 3.8) is 0 Å². The molecule has 3 heterocycles. The molecular weight excluding hydrogens is 611 g/mol. The Morgan fingerprint density at radius 2 is 1.39 bits per heavy atom. The third-order valence-electron chi connectivity index (χ3n) is 8.54. The molecule has 0 bridgehead atoms. The Balaban J connectivity index is 1.17. The molecule has 1 amide bonds. The smallest absolute Gasteiger partial charge is 0.288 e. The molecule has 0 spiro atoms. The van der Waals surface area contributed by atoms with E-state index in [9.17, 15) is 4.79 Å². The molecule has 0 aliphatic carbocycles. The summed E-state index contributed by atoms with van der Waals surface area (Å²) in [5.41, 5.74) is 1.62. The molecule has 2 aromatic heterocycles. The van der Waals surface area contributed by atoms with Crippen molar-refractivity contribution in [1.82, 2.24) is 19.5 Å². The predicted octanol–water partition coefficient (Wildman–Crippen LogP) is 4.60. The van der Waals surface area contributed by atoms with Crippen LogP contribution < -0.4 is 20.9 Å². The zero-order chi connectivity index (χ0) is 31.3. The molecule has 1 N–H and O–H groups in total. The van der Waals surface area contributed by atoms with Gasteiger partial charge in [0, 0.05) is 11.5 Å². The number of aromatic nitrogens is 4. The molecule has 4 aromatic carbocycles. The summed E-state index contributed by atoms with van der Waals surface area (Å²) in [6.45, 7) is 0.395. The SMILES string of the molecule is O=C(Nc1ncnc2c1ncn2[C@H]1C[C@H](CS)[C@@H](CO[Si](c2ccccc2)(c2ccccc2)c2ccccc2)O1)c1ccccc1. The zero-order valence-corrected chi connectivity index (χ0v) is 26.9. The van der Waals surface area contributed by atoms with Crippen LogP contribution in [0.2, 0.25) is 0 Å². The highest BCUT2D eigenvalue weighted by atomic mass is 32.1. The van der Waals surface area contributed by atoms with E-state index >= 15 is 0 Å². The topological polar surface area (TPSA) is 91.2 Å². The number of hydrogen-bond donors (Lipinski definition) is 2. The maximum absolute atomic E-state index is 12.9. The van der Waals surface area contributed by atoms with E-state index in [-0.39, 0.29) is 24.2 Å². The van der Waals surface area contributed by atoms with Crippen molar-refractivity contribution in [3.05, 3.63) is 140 Å². The Bertz CT molecular complexity index is 1820. The number of hydrogen-bond acceptors (Lipinski definition) is 7. The summed E-state index contributed by atoms with van der Waals surface area (Å²) in [5.74, 6) is 0.869. The Labute approximate surface area is 274 Å². The molecule has 6 aromatic rings. The summed E-state index contributed by atoms with van der Waals surface area (Å²) in [5, 5.41) is 6.40. The highest BCUT2D eigenvalue weighted by Crippen LogP contribution is 2.36. The third kappa shape index (κ3) is 5.76. The van der Waals surface area contributed by atoms with Crippen molar-refractivity contribution >= 4 is 59.4 Å². The van der Waals surface area contributed by atoms with Crippen molar-refractivity contribution in [2.45, 2.75) is 18.8 Å². The second-order valence-electron chi connectivity index (χ2n) is 11.3. The fraction of sp³-hybridized carbons (Fsp3) is 0.167. The van der Waals surface area contributed by atoms with E-state index < -0.39 is 8.32 Å². The van der Waals surface area contributed by atoms with Gasteiger partial charge < -0.3 is 14.5 Å². The van der Waals surface area contributed by atoms with Gasteiger partial charge in [-0.15, -0.1) is 0 Å². The lowest BCUT2D eigenvalue weighted by Crippen LogP contribution is -2.69. The van der Waals surface area contributed by atoms with Crippen LogP contribution in [0, 0.1) is 5.92 Å². The Morgan fingerprint density at radius 1 is 0.826 bits per heavy atom. The summed E-state index contributed by atoms with van der Waals surface area (Å²) in [6, 6.07) is 40.6. The van der Waals surface area contributed by atoms with Gasteiger partial charge in [0.25, 0.3) is 14.2 Å². The van der Waals surface area contributed by atoms with Gasteiger partial charge in [-0.1, -0.05) is 109 Å². The molecule has 0 unspecified atom stereocenters. The summed E-state index contributed by atoms with van der Waals surface area (Å²) in [6.07, 6.45) is 3.33. The number of amides is 1. The fourth-order valence-electron chi connectivity index (χ4n) is 6.22. The van der Waals surface area contributed by atoms with Crippen LogP contribution in [0.3, 0.4) is 0 Å². The first-order chi connectivity index (χ1) is 22.7. The first-order valence-electron chi connectivity index (χ1n) is 15.3. The van der Waals surface area contributed by atoms with Crippen molar-refractivity contribution < 1.29 is 14.0 Å². The van der Waals surface area contributed by atoms with Crippen LogP contribution >= 0.6 is 12.6 Å². The molecule has 1 aliphatic heterocycles. The minimum atomic E-state index is -2.90. The van der Waals surface area contributed by atoms with E-state index in [4.69, 9.17) is 21.8 Å². The second-order valence-corrected chi connectivity index (χ2v) is 15.0. The first-order valence-corrected chi connectivity index (χ1v) is 17.8. The van der Waals surface area contributed by atoms with E-state index in [1.807, 2.05) is 41.0 Å². The van der Waals surface area contributed by atoms with Gasteiger partial charge in [-0.25, -0.2) is 15.0 Å². The van der Waals surface area contributed by atoms with Crippen LogP contribution in [0.25, 0.3) is 11.2 Å². The summed E-state index contributed by atoms with van der Waals surface area (Å²) < 4.78 is 15.9. The molecule has 1 saturated heterocycles. The number of nitrogens with one attached hydrogen (secondary N) is 1. The molecule has 3 atom stereocenters. The molecular formula is C36H33N5O3SSi. The van der Waals surface area contributed by atoms with E-state index in [0.29, 0.717) is 34.9 Å². The standard InChI is InChI=1S/C36H33N5O3SSi/c42-36(26-13-5-1-6-14-26)40-34-33-35(38-24-37-34)41(25-39-33)32-21-27(23-45)31(44-32)22-43-46(28-15-7-2-8-16-28,29-17-9-3-10-18-29)30-19-11-4-12-20-30/h1-20,24-25,27,31-32,45H,21-23H2,(H,37,38,40,42)/t27-,31-,32-/m1/s1. The van der Waals surface area contributed by atoms with E-state index in [0.717, 1.165) is 6.42 Å². The molecule has 1 aliphatic rings. The number of carbonyl (C=O) groups is 1. The average Bonchev–Trinajstić information content (AvgIpc) is 3.75. The van der Waals surface area contributed by atoms with Gasteiger partial charge in [0.1, 0.15) is 12.6 Å². The third-order valence-corrected chi connectivity index (χ3v) is 13.0. The van der Waals surface area contributed by atoms with E-state index in [1.165, 1.54) is 21.9 Å². The number of imidazole rings is 1. The van der Waals surface area contributed by atoms with Crippen molar-refractivity contribution in [2.75, 3.05) is 17.7 Å². The fourth-order valence-corrected chi connectivity index (χ4v) is 10.5. The molecule has 46 heavy (non-hydrogen) atoms. The van der Waals surface area contributed by atoms with Crippen LogP contribution in [0.15, 0.2) is 134 Å². The lowest BCUT2D eigenvalue weighted by Gasteiger charge is -2.34. The van der Waals surface area contributed by atoms with Gasteiger partial charge in [-0.05, 0) is 39.9 Å². The molecule has 10 heteroatoms. The number of ether oxygens (including phenoxy) is 1. The van der Waals surface area contributed by atoms with Crippen molar-refractivity contribution in [3.8, 4) is 0 Å². The van der Waals surface area contributed by atoms with Crippen LogP contribution in [0.4, 0.5) is 5.82 Å². The number of rotatable bonds is 10. The molecule has 8 nitrogen and oxygen atoms in total. The second kappa shape index (κ2) is 13.4. The lowest BCUT2D eigenvalue weighted by molar-refractivity contribution is -0.0229. The van der Waals surface area contributed by atoms with Crippen molar-refractivity contribution in [2.24, 2.45) is 5.92 Å². The van der Waals surface area contributed by atoms with Gasteiger partial charge in [0.15, 0.2) is 17.0 Å². The Hall–Kier alpha value is -4.61. The van der Waals surface area contributed by atoms with Gasteiger partial charge in [0.2, 0.25) is 0 Å². The number of thiol groups is 1. The van der Waals surface area contributed by atoms with E-state index in [1.54, 1.807) is 18.5 Å². The molecule has 1 fully saturated rings. The van der Waals surface area contributed by atoms with E-state index in [2.05, 4.69) is 93.1 Å². The summed E-state index contributed by atoms with van der Waals surface area (Å²) >= 11 is 4.73. The highest BCUT2D eigenvalue weighted by molar-refractivity contribution is 7.80. The molecule has 230 valence electrons. The highest BCUT2D eigenvalue weighted by Gasteiger charge is 2.44. The van der Waals surface area contributed by atoms with Crippen molar-refractivity contribution in [1.29, 1.82) is 0 Å². The Morgan fingerprint density at radius 3 is 1.96 bits per heavy atom. The van der Waals surface area contributed by atoms with Gasteiger partial charge >= 0.3 is 0 Å². The maximum Gasteiger partial charge on any atom is 0.288 e. The van der Waals surface area contributed by atoms with Gasteiger partial charge in [0.05, 0.1) is 19.0 Å². The molecule has 0 saturated carbocycles. The zero-order valence-electron chi connectivity index (χ0n) is 25.0. The minimum absolute atomic E-state index is 0.138. The Kier molecular flexibility index (Phi) is 8.76. The number of nitrogens with zero attached hydrogens (tertiary/aromatic N) is 4. The first kappa shape index (κ1) is 30.1. The minimum Gasteiger partial charge on any atom is -0.402 e. The van der Waals surface area contributed by atoms with Crippen LogP contribution in [-0.2, 0) is 9.16 Å². The summed E-state index contributed by atoms with van der Waals surface area (Å²) in [7, 11) is -2.90. The molecule has 0 radical (unpaired) electrons. The normalized spacial score (nSPS) is 18.1. The van der Waals surface area contributed by atoms with Gasteiger partial charge in [-0.2, -0.15) is 12.6 Å². The number of anilines is 1. The monoisotopic (exact) mass is 643 g/mol. The largest absolute Gasteiger partial charge is 0.402 e. The van der Waals surface area contributed by atoms with Crippen LogP contribution in [-0.4, -0.2) is 52.2 Å². The quantitative estimate of drug-likeness (QED) is 0.129. The molecule has 7 rings (SSSR count). The summed E-state index contributed by atoms with van der Waals surface area (Å²) in [4.78, 5) is 26.3. The van der Waals surface area contributed by atoms with Crippen LogP contribution in [0.1, 0.15) is 23.0 Å².